The highest BCUT2D eigenvalue weighted by Crippen LogP contribution is 2.25. The van der Waals surface area contributed by atoms with Crippen LogP contribution in [0.5, 0.6) is 0 Å². The summed E-state index contributed by atoms with van der Waals surface area (Å²) in [5.74, 6) is -0.754. The fraction of sp³-hybridized carbons (Fsp3) is 0.346. The lowest BCUT2D eigenvalue weighted by molar-refractivity contribution is -0.151. The molecule has 0 radical (unpaired) electrons. The fourth-order valence-corrected chi connectivity index (χ4v) is 4.22. The van der Waals surface area contributed by atoms with Gasteiger partial charge >= 0.3 is 5.97 Å². The smallest absolute Gasteiger partial charge is 0.309 e. The van der Waals surface area contributed by atoms with Gasteiger partial charge in [0.2, 0.25) is 5.91 Å². The molecular weight excluding hydrogens is 432 g/mol. The maximum absolute atomic E-state index is 13.4. The van der Waals surface area contributed by atoms with Crippen molar-refractivity contribution >= 4 is 28.7 Å². The molecule has 1 aliphatic rings. The first-order valence-electron chi connectivity index (χ1n) is 11.5. The summed E-state index contributed by atoms with van der Waals surface area (Å²) in [5, 5.41) is 0.731. The number of hydrogen-bond acceptors (Lipinski definition) is 6. The van der Waals surface area contributed by atoms with Crippen molar-refractivity contribution in [1.29, 1.82) is 0 Å². The quantitative estimate of drug-likeness (QED) is 0.525. The monoisotopic (exact) mass is 460 g/mol. The Hall–Kier alpha value is -3.81. The highest BCUT2D eigenvalue weighted by molar-refractivity contribution is 6.07. The predicted octanol–water partition coefficient (Wildman–Crippen LogP) is 3.17. The number of likely N-dealkylation sites (N-methyl/N-ethyl adjacent to an activating group) is 1. The zero-order valence-electron chi connectivity index (χ0n) is 19.4. The molecule has 176 valence electrons. The predicted molar refractivity (Wildman–Crippen MR) is 128 cm³/mol. The van der Waals surface area contributed by atoms with Gasteiger partial charge < -0.3 is 14.5 Å². The standard InChI is InChI=1S/C26H28N4O4/c1-3-34-26(33)18-10-13-30(14-11-18)24(31)17-29(2)25(32)21-15-23(19-7-6-12-27-16-19)28-22-9-5-4-8-20(21)22/h4-9,12,15-16,18H,3,10-11,13-14,17H2,1-2H3. The molecule has 0 spiro atoms. The van der Waals surface area contributed by atoms with Crippen LogP contribution in [-0.2, 0) is 14.3 Å². The van der Waals surface area contributed by atoms with Crippen molar-refractivity contribution in [2.45, 2.75) is 19.8 Å². The molecule has 4 rings (SSSR count). The number of carbonyl (C=O) groups is 3. The van der Waals surface area contributed by atoms with E-state index in [1.54, 1.807) is 37.3 Å². The van der Waals surface area contributed by atoms with Crippen molar-refractivity contribution in [3.8, 4) is 11.3 Å². The molecule has 1 aliphatic heterocycles. The minimum absolute atomic E-state index is 0.0399. The summed E-state index contributed by atoms with van der Waals surface area (Å²) >= 11 is 0. The Balaban J connectivity index is 1.49. The van der Waals surface area contributed by atoms with Crippen molar-refractivity contribution in [3.05, 3.63) is 60.4 Å². The minimum Gasteiger partial charge on any atom is -0.466 e. The van der Waals surface area contributed by atoms with Crippen LogP contribution in [0.25, 0.3) is 22.2 Å². The van der Waals surface area contributed by atoms with Crippen molar-refractivity contribution in [2.24, 2.45) is 5.92 Å². The first kappa shape index (κ1) is 23.4. The van der Waals surface area contributed by atoms with Crippen LogP contribution in [0.3, 0.4) is 0 Å². The third-order valence-electron chi connectivity index (χ3n) is 6.09. The van der Waals surface area contributed by atoms with Crippen molar-refractivity contribution < 1.29 is 19.1 Å². The van der Waals surface area contributed by atoms with E-state index in [0.29, 0.717) is 49.3 Å². The number of ether oxygens (including phenoxy) is 1. The number of nitrogens with zero attached hydrogens (tertiary/aromatic N) is 4. The third kappa shape index (κ3) is 5.06. The number of hydrogen-bond donors (Lipinski definition) is 0. The first-order chi connectivity index (χ1) is 16.5. The molecule has 0 N–H and O–H groups in total. The number of benzene rings is 1. The third-order valence-corrected chi connectivity index (χ3v) is 6.09. The average molecular weight is 461 g/mol. The molecule has 3 aromatic rings. The second-order valence-corrected chi connectivity index (χ2v) is 8.38. The second-order valence-electron chi connectivity index (χ2n) is 8.38. The van der Waals surface area contributed by atoms with Crippen LogP contribution in [-0.4, -0.2) is 70.8 Å². The number of fused-ring (bicyclic) bond motifs is 1. The summed E-state index contributed by atoms with van der Waals surface area (Å²) < 4.78 is 5.09. The number of rotatable bonds is 6. The molecule has 0 saturated carbocycles. The first-order valence-corrected chi connectivity index (χ1v) is 11.5. The SMILES string of the molecule is CCOC(=O)C1CCN(C(=O)CN(C)C(=O)c2cc(-c3cccnc3)nc3ccccc23)CC1. The maximum Gasteiger partial charge on any atom is 0.309 e. The van der Waals surface area contributed by atoms with Crippen LogP contribution in [0.2, 0.25) is 0 Å². The molecule has 3 heterocycles. The van der Waals surface area contributed by atoms with E-state index in [1.165, 1.54) is 4.90 Å². The van der Waals surface area contributed by atoms with Gasteiger partial charge in [0.1, 0.15) is 0 Å². The second kappa shape index (κ2) is 10.4. The molecule has 2 amide bonds. The van der Waals surface area contributed by atoms with Gasteiger partial charge in [-0.05, 0) is 44.0 Å². The molecule has 0 bridgehead atoms. The Morgan fingerprint density at radius 1 is 1.12 bits per heavy atom. The number of pyridine rings is 2. The van der Waals surface area contributed by atoms with E-state index in [1.807, 2.05) is 36.4 Å². The number of aromatic nitrogens is 2. The topological polar surface area (TPSA) is 92.7 Å². The van der Waals surface area contributed by atoms with E-state index in [0.717, 1.165) is 10.9 Å². The molecule has 0 atom stereocenters. The summed E-state index contributed by atoms with van der Waals surface area (Å²) in [6, 6.07) is 12.9. The number of esters is 1. The lowest BCUT2D eigenvalue weighted by atomic mass is 9.97. The molecular formula is C26H28N4O4. The Morgan fingerprint density at radius 3 is 2.59 bits per heavy atom. The molecule has 8 heteroatoms. The van der Waals surface area contributed by atoms with Crippen molar-refractivity contribution in [2.75, 3.05) is 33.3 Å². The van der Waals surface area contributed by atoms with E-state index in [4.69, 9.17) is 9.72 Å². The number of carbonyl (C=O) groups excluding carboxylic acids is 3. The van der Waals surface area contributed by atoms with E-state index >= 15 is 0 Å². The van der Waals surface area contributed by atoms with Crippen LogP contribution in [0.15, 0.2) is 54.9 Å². The van der Waals surface area contributed by atoms with Crippen LogP contribution in [0.1, 0.15) is 30.1 Å². The van der Waals surface area contributed by atoms with Crippen molar-refractivity contribution in [3.63, 3.8) is 0 Å². The normalized spacial score (nSPS) is 14.1. The fourth-order valence-electron chi connectivity index (χ4n) is 4.22. The van der Waals surface area contributed by atoms with Crippen LogP contribution in [0, 0.1) is 5.92 Å². The van der Waals surface area contributed by atoms with Gasteiger partial charge in [-0.15, -0.1) is 0 Å². The van der Waals surface area contributed by atoms with E-state index < -0.39 is 0 Å². The lowest BCUT2D eigenvalue weighted by Crippen LogP contribution is -2.45. The molecule has 1 saturated heterocycles. The average Bonchev–Trinajstić information content (AvgIpc) is 2.88. The number of para-hydroxylation sites is 1. The Morgan fingerprint density at radius 2 is 1.88 bits per heavy atom. The van der Waals surface area contributed by atoms with Gasteiger partial charge in [-0.3, -0.25) is 19.4 Å². The zero-order valence-corrected chi connectivity index (χ0v) is 19.4. The lowest BCUT2D eigenvalue weighted by Gasteiger charge is -2.32. The molecule has 0 unspecified atom stereocenters. The van der Waals surface area contributed by atoms with E-state index in [-0.39, 0.29) is 30.2 Å². The van der Waals surface area contributed by atoms with Gasteiger partial charge in [0.05, 0.1) is 35.8 Å². The minimum atomic E-state index is -0.251. The van der Waals surface area contributed by atoms with Gasteiger partial charge in [-0.2, -0.15) is 0 Å². The summed E-state index contributed by atoms with van der Waals surface area (Å²) in [7, 11) is 1.63. The van der Waals surface area contributed by atoms with Gasteiger partial charge in [0, 0.05) is 43.5 Å². The molecule has 1 aromatic carbocycles. The van der Waals surface area contributed by atoms with Crippen LogP contribution in [0.4, 0.5) is 0 Å². The van der Waals surface area contributed by atoms with Gasteiger partial charge in [-0.1, -0.05) is 18.2 Å². The molecule has 34 heavy (non-hydrogen) atoms. The Labute approximate surface area is 198 Å². The highest BCUT2D eigenvalue weighted by Gasteiger charge is 2.29. The molecule has 1 fully saturated rings. The van der Waals surface area contributed by atoms with E-state index in [9.17, 15) is 14.4 Å². The number of likely N-dealkylation sites (tertiary alicyclic amines) is 1. The Kier molecular flexibility index (Phi) is 7.15. The van der Waals surface area contributed by atoms with Gasteiger partial charge in [-0.25, -0.2) is 4.98 Å². The highest BCUT2D eigenvalue weighted by atomic mass is 16.5. The van der Waals surface area contributed by atoms with Crippen molar-refractivity contribution in [1.82, 2.24) is 19.8 Å². The number of piperidine rings is 1. The van der Waals surface area contributed by atoms with E-state index in [2.05, 4.69) is 4.98 Å². The zero-order chi connectivity index (χ0) is 24.1. The summed E-state index contributed by atoms with van der Waals surface area (Å²) in [5.41, 5.74) is 2.65. The summed E-state index contributed by atoms with van der Waals surface area (Å²) in [4.78, 5) is 50.3. The molecule has 0 aliphatic carbocycles. The number of amides is 2. The van der Waals surface area contributed by atoms with Crippen LogP contribution < -0.4 is 0 Å². The maximum atomic E-state index is 13.4. The Bertz CT molecular complexity index is 1190. The largest absolute Gasteiger partial charge is 0.466 e. The van der Waals surface area contributed by atoms with Gasteiger partial charge in [0.25, 0.3) is 5.91 Å². The summed E-state index contributed by atoms with van der Waals surface area (Å²) in [6.45, 7) is 3.06. The van der Waals surface area contributed by atoms with Gasteiger partial charge in [0.15, 0.2) is 0 Å². The summed E-state index contributed by atoms with van der Waals surface area (Å²) in [6.07, 6.45) is 4.54. The van der Waals surface area contributed by atoms with Crippen LogP contribution >= 0.6 is 0 Å². The molecule has 8 nitrogen and oxygen atoms in total. The molecule has 2 aromatic heterocycles.